The van der Waals surface area contributed by atoms with Crippen LogP contribution in [0.5, 0.6) is 0 Å². The standard InChI is InChI=1S/2C15H18O9.2C15H16O9/c4*1-8(16)2-4-12(19)23-9-6-21-15-10(7-22-14(9)15)24-13(20)5-3-11(17)18/h3,5,9-10,14-16H,1-2,4,6-7H2,(H,17,18);2,4,9-10,14-16H,1,3,5-7H2,(H,17,18);2-5,9-10,14-15H,6-7H2,1H3,(H,17,18);2-5,9-10,14-16H,1,6-7H2,(H,17,18)/b5-3+;4-2-;4-2+,5-3+;4-2-,5-3+/t9-,10+,14+,15+;3*9-,10-,14-,15-/m0111/s1. The average Bonchev–Trinajstić information content (AvgIpc) is 1.68. The number of hydrogen-bond acceptors (Lipinski definition) is 32. The molecular weight excluding hydrogens is 1300 g/mol. The Bertz CT molecular complexity index is 2790. The van der Waals surface area contributed by atoms with E-state index in [4.69, 9.17) is 112 Å². The molecule has 0 amide bonds. The molecule has 0 spiro atoms. The van der Waals surface area contributed by atoms with Gasteiger partial charge in [0.15, 0.2) is 54.6 Å². The molecule has 8 aliphatic heterocycles. The van der Waals surface area contributed by atoms with Crippen molar-refractivity contribution in [2.45, 2.75) is 130 Å². The summed E-state index contributed by atoms with van der Waals surface area (Å²) in [5, 5.41) is 60.6. The Morgan fingerprint density at radius 3 is 0.708 bits per heavy atom. The second kappa shape index (κ2) is 37.8. The van der Waals surface area contributed by atoms with Crippen molar-refractivity contribution in [2.75, 3.05) is 52.9 Å². The maximum absolute atomic E-state index is 11.7. The van der Waals surface area contributed by atoms with Crippen LogP contribution in [-0.2, 0) is 138 Å². The number of allylic oxidation sites excluding steroid dienone is 4. The predicted octanol–water partition coefficient (Wildman–Crippen LogP) is -0.529. The Hall–Kier alpha value is -9.95. The summed E-state index contributed by atoms with van der Waals surface area (Å²) in [4.78, 5) is 145. The third-order valence-corrected chi connectivity index (χ3v) is 13.5. The van der Waals surface area contributed by atoms with Gasteiger partial charge in [-0.05, 0) is 25.2 Å². The van der Waals surface area contributed by atoms with Crippen LogP contribution in [0.25, 0.3) is 0 Å². The van der Waals surface area contributed by atoms with Gasteiger partial charge in [-0.3, -0.25) is 19.2 Å². The van der Waals surface area contributed by atoms with Gasteiger partial charge in [-0.1, -0.05) is 19.7 Å². The van der Waals surface area contributed by atoms with Crippen molar-refractivity contribution < 1.29 is 174 Å². The van der Waals surface area contributed by atoms with E-state index < -0.39 is 169 Å². The lowest BCUT2D eigenvalue weighted by molar-refractivity contribution is -0.156. The normalized spacial score (nSPS) is 28.7. The van der Waals surface area contributed by atoms with E-state index in [0.717, 1.165) is 54.7 Å². The minimum Gasteiger partial charge on any atom is -0.513 e. The monoisotopic (exact) mass is 1360 g/mol. The van der Waals surface area contributed by atoms with Crippen LogP contribution >= 0.6 is 0 Å². The molecule has 8 fully saturated rings. The molecule has 0 saturated carbocycles. The summed E-state index contributed by atoms with van der Waals surface area (Å²) in [6.45, 7) is 11.5. The molecule has 96 heavy (non-hydrogen) atoms. The molecule has 524 valence electrons. The van der Waals surface area contributed by atoms with E-state index in [-0.39, 0.29) is 102 Å². The van der Waals surface area contributed by atoms with Crippen molar-refractivity contribution in [1.29, 1.82) is 0 Å². The highest BCUT2D eigenvalue weighted by Crippen LogP contribution is 2.34. The van der Waals surface area contributed by atoms with Gasteiger partial charge in [0.05, 0.1) is 77.9 Å². The SMILES string of the molecule is C=C(O)/C=C\C(=O)O[C@@H]1CO[C@H]2[C@@H]1OC[C@H]2OC(=O)/C=C/C(=O)O.C=C(O)/C=C\C(=O)O[C@@H]1CO[C@H]2[C@@H]1OC[C@H]2OC(=O)CCC(=O)O.C=C(O)CCC(=O)O[C@H]1CO[C@H]2[C@@H]1OC[C@H]2OC(=O)/C=C/C(=O)O.CC(=O)/C=C/C(=O)O[C@@H]1CO[C@H]2[C@@H]1OC[C@H]2OC(=O)/C=C/C(=O)O. The van der Waals surface area contributed by atoms with E-state index in [1.54, 1.807) is 0 Å². The zero-order chi connectivity index (χ0) is 70.8. The van der Waals surface area contributed by atoms with Crippen LogP contribution in [0.4, 0.5) is 0 Å². The van der Waals surface area contributed by atoms with E-state index >= 15 is 0 Å². The van der Waals surface area contributed by atoms with Gasteiger partial charge >= 0.3 is 71.6 Å². The third kappa shape index (κ3) is 25.7. The molecule has 8 aliphatic rings. The molecule has 0 radical (unpaired) electrons. The van der Waals surface area contributed by atoms with Crippen LogP contribution < -0.4 is 0 Å². The predicted molar refractivity (Wildman–Crippen MR) is 307 cm³/mol. The number of aliphatic hydroxyl groups excluding tert-OH is 3. The first kappa shape index (κ1) is 76.8. The number of esters is 8. The molecule has 7 N–H and O–H groups in total. The molecule has 36 heteroatoms. The van der Waals surface area contributed by atoms with Crippen LogP contribution in [-0.4, -0.2) is 264 Å². The second-order valence-electron chi connectivity index (χ2n) is 20.9. The third-order valence-electron chi connectivity index (χ3n) is 13.5. The van der Waals surface area contributed by atoms with Gasteiger partial charge in [0.1, 0.15) is 60.4 Å². The lowest BCUT2D eigenvalue weighted by Crippen LogP contribution is -2.35. The number of carboxylic acids is 4. The number of fused-ring (bicyclic) bond motifs is 4. The van der Waals surface area contributed by atoms with Crippen LogP contribution in [0.3, 0.4) is 0 Å². The number of ketones is 1. The fourth-order valence-corrected chi connectivity index (χ4v) is 9.50. The van der Waals surface area contributed by atoms with Crippen LogP contribution in [0.15, 0.2) is 110 Å². The molecule has 8 heterocycles. The van der Waals surface area contributed by atoms with E-state index in [9.17, 15) is 62.3 Å². The number of carbonyl (C=O) groups excluding carboxylic acids is 9. The number of aliphatic carboxylic acids is 4. The van der Waals surface area contributed by atoms with Crippen molar-refractivity contribution in [2.24, 2.45) is 0 Å². The van der Waals surface area contributed by atoms with Gasteiger partial charge < -0.3 is 112 Å². The van der Waals surface area contributed by atoms with Crippen molar-refractivity contribution in [3.8, 4) is 0 Å². The van der Waals surface area contributed by atoms with E-state index in [1.807, 2.05) is 0 Å². The Morgan fingerprint density at radius 2 is 0.510 bits per heavy atom. The Balaban J connectivity index is 0.000000231. The maximum Gasteiger partial charge on any atom is 0.331 e. The number of carboxylic acid groups (broad SMARTS) is 4. The van der Waals surface area contributed by atoms with Gasteiger partial charge in [0, 0.05) is 61.1 Å². The van der Waals surface area contributed by atoms with Gasteiger partial charge in [0.2, 0.25) is 0 Å². The smallest absolute Gasteiger partial charge is 0.331 e. The highest BCUT2D eigenvalue weighted by Gasteiger charge is 2.54. The van der Waals surface area contributed by atoms with Gasteiger partial charge in [0.25, 0.3) is 0 Å². The average molecular weight is 1370 g/mol. The van der Waals surface area contributed by atoms with Crippen LogP contribution in [0.1, 0.15) is 32.6 Å². The van der Waals surface area contributed by atoms with Gasteiger partial charge in [-0.15, -0.1) is 0 Å². The number of rotatable bonds is 26. The van der Waals surface area contributed by atoms with Gasteiger partial charge in [-0.25, -0.2) is 43.2 Å². The van der Waals surface area contributed by atoms with Crippen molar-refractivity contribution in [1.82, 2.24) is 0 Å². The maximum atomic E-state index is 11.7. The summed E-state index contributed by atoms with van der Waals surface area (Å²) in [5.74, 6) is -11.6. The molecule has 0 aromatic rings. The van der Waals surface area contributed by atoms with Crippen LogP contribution in [0.2, 0.25) is 0 Å². The first-order valence-corrected chi connectivity index (χ1v) is 28.6. The number of aliphatic hydroxyl groups is 3. The quantitative estimate of drug-likeness (QED) is 0.0188. The molecule has 8 rings (SSSR count). The Kier molecular flexibility index (Phi) is 30.2. The molecule has 0 aliphatic carbocycles. The molecule has 0 aromatic heterocycles. The van der Waals surface area contributed by atoms with Crippen LogP contribution in [0, 0.1) is 0 Å². The first-order chi connectivity index (χ1) is 45.5. The summed E-state index contributed by atoms with van der Waals surface area (Å²) in [5.41, 5.74) is 0. The van der Waals surface area contributed by atoms with Crippen molar-refractivity contribution in [3.63, 3.8) is 0 Å². The lowest BCUT2D eigenvalue weighted by Gasteiger charge is -2.17. The largest absolute Gasteiger partial charge is 0.513 e. The molecule has 36 nitrogen and oxygen atoms in total. The van der Waals surface area contributed by atoms with E-state index in [1.165, 1.54) is 6.92 Å². The highest BCUT2D eigenvalue weighted by atomic mass is 16.7. The van der Waals surface area contributed by atoms with E-state index in [2.05, 4.69) is 19.7 Å². The highest BCUT2D eigenvalue weighted by molar-refractivity contribution is 5.95. The number of ether oxygens (including phenoxy) is 16. The summed E-state index contributed by atoms with van der Waals surface area (Å²) >= 11 is 0. The second-order valence-corrected chi connectivity index (χ2v) is 20.9. The molecule has 8 saturated heterocycles. The number of carbonyl (C=O) groups is 13. The Labute approximate surface area is 543 Å². The van der Waals surface area contributed by atoms with Crippen molar-refractivity contribution in [3.05, 3.63) is 110 Å². The Morgan fingerprint density at radius 1 is 0.302 bits per heavy atom. The minimum atomic E-state index is -1.27. The lowest BCUT2D eigenvalue weighted by atomic mass is 10.1. The van der Waals surface area contributed by atoms with E-state index in [0.29, 0.717) is 18.2 Å². The summed E-state index contributed by atoms with van der Waals surface area (Å²) in [6.07, 6.45) is 0.0285. The molecule has 0 aromatic carbocycles. The number of hydrogen-bond donors (Lipinski definition) is 7. The molecule has 0 bridgehead atoms. The molecule has 16 atom stereocenters. The summed E-state index contributed by atoms with van der Waals surface area (Å²) in [6, 6.07) is 0. The fourth-order valence-electron chi connectivity index (χ4n) is 9.50. The zero-order valence-corrected chi connectivity index (χ0v) is 50.7. The topological polar surface area (TPSA) is 511 Å². The first-order valence-electron chi connectivity index (χ1n) is 28.6. The molecule has 0 unspecified atom stereocenters. The fraction of sp³-hybridized carbons (Fsp3) is 0.483. The van der Waals surface area contributed by atoms with Crippen molar-refractivity contribution >= 4 is 77.4 Å². The zero-order valence-electron chi connectivity index (χ0n) is 50.7. The van der Waals surface area contributed by atoms with Gasteiger partial charge in [-0.2, -0.15) is 0 Å². The molecular formula is C60H68O36. The summed E-state index contributed by atoms with van der Waals surface area (Å²) in [7, 11) is 0. The minimum absolute atomic E-state index is 0.0123. The summed E-state index contributed by atoms with van der Waals surface area (Å²) < 4.78 is 84.7.